The maximum Gasteiger partial charge on any atom is 0.253 e. The van der Waals surface area contributed by atoms with Crippen LogP contribution >= 0.6 is 11.6 Å². The number of nitrogens with zero attached hydrogens (tertiary/aromatic N) is 3. The van der Waals surface area contributed by atoms with Crippen LogP contribution in [0, 0.1) is 0 Å². The molecule has 0 bridgehead atoms. The normalized spacial score (nSPS) is 10.2. The number of halogens is 1. The van der Waals surface area contributed by atoms with Crippen LogP contribution in [0.5, 0.6) is 0 Å². The van der Waals surface area contributed by atoms with Crippen LogP contribution in [0.25, 0.3) is 0 Å². The first-order valence-electron chi connectivity index (χ1n) is 6.08. The fraction of sp³-hybridized carbons (Fsp3) is 0.214. The number of hydrogen-bond donors (Lipinski definition) is 1. The fourth-order valence-corrected chi connectivity index (χ4v) is 1.84. The van der Waals surface area contributed by atoms with Crippen LogP contribution in [-0.2, 0) is 6.54 Å². The van der Waals surface area contributed by atoms with Gasteiger partial charge in [-0.15, -0.1) is 0 Å². The predicted molar refractivity (Wildman–Crippen MR) is 78.8 cm³/mol. The highest BCUT2D eigenvalue weighted by Gasteiger charge is 2.10. The number of nitrogens with one attached hydrogen (secondary N) is 1. The Bertz CT molecular complexity index is 601. The summed E-state index contributed by atoms with van der Waals surface area (Å²) >= 11 is 6.13. The number of amides is 1. The Labute approximate surface area is 122 Å². The van der Waals surface area contributed by atoms with Gasteiger partial charge in [0.1, 0.15) is 6.33 Å². The summed E-state index contributed by atoms with van der Waals surface area (Å²) in [6.07, 6.45) is 3.17. The van der Waals surface area contributed by atoms with E-state index >= 15 is 0 Å². The van der Waals surface area contributed by atoms with E-state index in [1.807, 2.05) is 6.07 Å². The van der Waals surface area contributed by atoms with Crippen molar-refractivity contribution in [2.75, 3.05) is 19.4 Å². The highest BCUT2D eigenvalue weighted by Crippen LogP contribution is 2.24. The zero-order chi connectivity index (χ0) is 14.5. The van der Waals surface area contributed by atoms with E-state index in [0.717, 1.165) is 5.69 Å². The molecule has 20 heavy (non-hydrogen) atoms. The van der Waals surface area contributed by atoms with Crippen molar-refractivity contribution < 1.29 is 4.79 Å². The van der Waals surface area contributed by atoms with E-state index in [4.69, 9.17) is 11.6 Å². The van der Waals surface area contributed by atoms with E-state index in [-0.39, 0.29) is 5.91 Å². The Morgan fingerprint density at radius 1 is 1.35 bits per heavy atom. The van der Waals surface area contributed by atoms with Crippen molar-refractivity contribution in [2.45, 2.75) is 6.54 Å². The predicted octanol–water partition coefficient (Wildman–Crippen LogP) is 2.44. The minimum absolute atomic E-state index is 0.0632. The van der Waals surface area contributed by atoms with E-state index in [0.29, 0.717) is 22.8 Å². The molecule has 1 aromatic carbocycles. The molecule has 0 aliphatic rings. The standard InChI is InChI=1S/C14H15ClN4O/c1-19(2)14(20)10-3-4-12(15)13(7-10)17-8-11-5-6-16-9-18-11/h3-7,9,17H,8H2,1-2H3. The molecule has 0 radical (unpaired) electrons. The van der Waals surface area contributed by atoms with Gasteiger partial charge in [-0.25, -0.2) is 9.97 Å². The summed E-state index contributed by atoms with van der Waals surface area (Å²) in [4.78, 5) is 21.4. The van der Waals surface area contributed by atoms with E-state index in [1.165, 1.54) is 11.2 Å². The Kier molecular flexibility index (Phi) is 4.53. The van der Waals surface area contributed by atoms with Crippen LogP contribution in [-0.4, -0.2) is 34.9 Å². The second-order valence-electron chi connectivity index (χ2n) is 4.45. The summed E-state index contributed by atoms with van der Waals surface area (Å²) < 4.78 is 0. The number of rotatable bonds is 4. The summed E-state index contributed by atoms with van der Waals surface area (Å²) in [6.45, 7) is 0.516. The van der Waals surface area contributed by atoms with Crippen molar-refractivity contribution in [1.82, 2.24) is 14.9 Å². The quantitative estimate of drug-likeness (QED) is 0.940. The van der Waals surface area contributed by atoms with Crippen LogP contribution in [0.1, 0.15) is 16.1 Å². The molecule has 0 aliphatic carbocycles. The maximum atomic E-state index is 11.9. The lowest BCUT2D eigenvalue weighted by Crippen LogP contribution is -2.21. The van der Waals surface area contributed by atoms with Gasteiger partial charge in [-0.05, 0) is 24.3 Å². The average Bonchev–Trinajstić information content (AvgIpc) is 2.46. The third-order valence-electron chi connectivity index (χ3n) is 2.72. The number of benzene rings is 1. The van der Waals surface area contributed by atoms with Gasteiger partial charge >= 0.3 is 0 Å². The number of carbonyl (C=O) groups excluding carboxylic acids is 1. The lowest BCUT2D eigenvalue weighted by atomic mass is 10.1. The van der Waals surface area contributed by atoms with Gasteiger partial charge in [-0.3, -0.25) is 4.79 Å². The van der Waals surface area contributed by atoms with Gasteiger partial charge in [0, 0.05) is 25.9 Å². The third kappa shape index (κ3) is 3.45. The Hall–Kier alpha value is -2.14. The average molecular weight is 291 g/mol. The Morgan fingerprint density at radius 3 is 2.80 bits per heavy atom. The van der Waals surface area contributed by atoms with Crippen molar-refractivity contribution in [3.8, 4) is 0 Å². The molecule has 2 aromatic rings. The van der Waals surface area contributed by atoms with Gasteiger partial charge in [0.15, 0.2) is 0 Å². The van der Waals surface area contributed by atoms with Crippen molar-refractivity contribution >= 4 is 23.2 Å². The van der Waals surface area contributed by atoms with E-state index in [2.05, 4.69) is 15.3 Å². The molecule has 0 spiro atoms. The zero-order valence-electron chi connectivity index (χ0n) is 11.3. The van der Waals surface area contributed by atoms with Crippen molar-refractivity contribution in [3.05, 3.63) is 53.1 Å². The SMILES string of the molecule is CN(C)C(=O)c1ccc(Cl)c(NCc2ccncn2)c1. The number of anilines is 1. The molecular weight excluding hydrogens is 276 g/mol. The third-order valence-corrected chi connectivity index (χ3v) is 3.05. The molecule has 0 fully saturated rings. The molecule has 1 heterocycles. The molecule has 0 saturated heterocycles. The van der Waals surface area contributed by atoms with E-state index < -0.39 is 0 Å². The van der Waals surface area contributed by atoms with E-state index in [1.54, 1.807) is 38.5 Å². The van der Waals surface area contributed by atoms with Crippen LogP contribution in [0.2, 0.25) is 5.02 Å². The van der Waals surface area contributed by atoms with Gasteiger partial charge in [0.2, 0.25) is 0 Å². The fourth-order valence-electron chi connectivity index (χ4n) is 1.66. The lowest BCUT2D eigenvalue weighted by Gasteiger charge is -2.13. The minimum atomic E-state index is -0.0632. The molecule has 1 N–H and O–H groups in total. The van der Waals surface area contributed by atoms with Gasteiger partial charge in [-0.1, -0.05) is 11.6 Å². The van der Waals surface area contributed by atoms with Gasteiger partial charge in [-0.2, -0.15) is 0 Å². The summed E-state index contributed by atoms with van der Waals surface area (Å²) in [5.41, 5.74) is 2.14. The number of aromatic nitrogens is 2. The number of hydrogen-bond acceptors (Lipinski definition) is 4. The molecule has 1 aromatic heterocycles. The molecule has 1 amide bonds. The molecule has 0 saturated carbocycles. The van der Waals surface area contributed by atoms with Crippen LogP contribution in [0.15, 0.2) is 36.8 Å². The van der Waals surface area contributed by atoms with Gasteiger partial charge in [0.05, 0.1) is 22.9 Å². The van der Waals surface area contributed by atoms with Crippen molar-refractivity contribution in [2.24, 2.45) is 0 Å². The Balaban J connectivity index is 2.15. The molecule has 0 unspecified atom stereocenters. The largest absolute Gasteiger partial charge is 0.378 e. The minimum Gasteiger partial charge on any atom is -0.378 e. The summed E-state index contributed by atoms with van der Waals surface area (Å²) in [5.74, 6) is -0.0632. The highest BCUT2D eigenvalue weighted by molar-refractivity contribution is 6.33. The lowest BCUT2D eigenvalue weighted by molar-refractivity contribution is 0.0827. The van der Waals surface area contributed by atoms with Crippen molar-refractivity contribution in [1.29, 1.82) is 0 Å². The van der Waals surface area contributed by atoms with Crippen molar-refractivity contribution in [3.63, 3.8) is 0 Å². The number of carbonyl (C=O) groups is 1. The van der Waals surface area contributed by atoms with Gasteiger partial charge in [0.25, 0.3) is 5.91 Å². The smallest absolute Gasteiger partial charge is 0.253 e. The van der Waals surface area contributed by atoms with Crippen LogP contribution in [0.3, 0.4) is 0 Å². The molecule has 0 aliphatic heterocycles. The molecule has 5 nitrogen and oxygen atoms in total. The first kappa shape index (κ1) is 14.3. The zero-order valence-corrected chi connectivity index (χ0v) is 12.1. The summed E-state index contributed by atoms with van der Waals surface area (Å²) in [7, 11) is 3.43. The first-order chi connectivity index (χ1) is 9.58. The van der Waals surface area contributed by atoms with Crippen LogP contribution < -0.4 is 5.32 Å². The second kappa shape index (κ2) is 6.34. The summed E-state index contributed by atoms with van der Waals surface area (Å²) in [5, 5.41) is 3.73. The topological polar surface area (TPSA) is 58.1 Å². The van der Waals surface area contributed by atoms with Gasteiger partial charge < -0.3 is 10.2 Å². The molecule has 104 valence electrons. The summed E-state index contributed by atoms with van der Waals surface area (Å²) in [6, 6.07) is 6.97. The van der Waals surface area contributed by atoms with E-state index in [9.17, 15) is 4.79 Å². The maximum absolute atomic E-state index is 11.9. The van der Waals surface area contributed by atoms with Crippen LogP contribution in [0.4, 0.5) is 5.69 Å². The molecule has 0 atom stereocenters. The molecule has 6 heteroatoms. The molecule has 2 rings (SSSR count). The molecular formula is C14H15ClN4O. The highest BCUT2D eigenvalue weighted by atomic mass is 35.5. The Morgan fingerprint density at radius 2 is 2.15 bits per heavy atom. The second-order valence-corrected chi connectivity index (χ2v) is 4.86. The first-order valence-corrected chi connectivity index (χ1v) is 6.45. The monoisotopic (exact) mass is 290 g/mol.